The summed E-state index contributed by atoms with van der Waals surface area (Å²) < 4.78 is 1.42. The molecule has 0 radical (unpaired) electrons. The second-order valence-corrected chi connectivity index (χ2v) is 3.35. The van der Waals surface area contributed by atoms with Crippen molar-refractivity contribution in [3.63, 3.8) is 0 Å². The lowest BCUT2D eigenvalue weighted by Gasteiger charge is -1.99. The molecule has 2 rings (SSSR count). The van der Waals surface area contributed by atoms with E-state index in [1.54, 1.807) is 18.3 Å². The maximum Gasteiger partial charge on any atom is 0.184 e. The van der Waals surface area contributed by atoms with Gasteiger partial charge in [0.15, 0.2) is 5.78 Å². The molecule has 0 atom stereocenters. The van der Waals surface area contributed by atoms with Gasteiger partial charge in [0.2, 0.25) is 0 Å². The first-order chi connectivity index (χ1) is 7.79. The Morgan fingerprint density at radius 2 is 2.06 bits per heavy atom. The maximum atomic E-state index is 11.8. The van der Waals surface area contributed by atoms with Crippen LogP contribution >= 0.6 is 0 Å². The third-order valence-corrected chi connectivity index (χ3v) is 2.15. The molecule has 0 saturated carbocycles. The van der Waals surface area contributed by atoms with Crippen molar-refractivity contribution in [3.8, 4) is 0 Å². The highest BCUT2D eigenvalue weighted by Crippen LogP contribution is 2.02. The molecular weight excluding hydrogens is 206 g/mol. The van der Waals surface area contributed by atoms with Gasteiger partial charge in [-0.05, 0) is 0 Å². The number of benzene rings is 1. The molecule has 0 aliphatic carbocycles. The Morgan fingerprint density at radius 3 is 2.69 bits per heavy atom. The summed E-state index contributed by atoms with van der Waals surface area (Å²) in [6.45, 7) is -0.0312. The normalized spacial score (nSPS) is 10.3. The van der Waals surface area contributed by atoms with Crippen molar-refractivity contribution in [1.29, 1.82) is 0 Å². The van der Waals surface area contributed by atoms with Crippen molar-refractivity contribution in [2.75, 3.05) is 0 Å². The molecule has 0 amide bonds. The maximum absolute atomic E-state index is 11.8. The van der Waals surface area contributed by atoms with Gasteiger partial charge in [-0.3, -0.25) is 4.79 Å². The summed E-state index contributed by atoms with van der Waals surface area (Å²) in [5.41, 5.74) is 1.10. The number of aliphatic hydroxyl groups excluding tert-OH is 1. The number of aliphatic hydroxyl groups is 1. The van der Waals surface area contributed by atoms with Crippen LogP contribution in [0.2, 0.25) is 0 Å². The summed E-state index contributed by atoms with van der Waals surface area (Å²) in [6, 6.07) is 9.00. The second-order valence-electron chi connectivity index (χ2n) is 3.35. The Kier molecular flexibility index (Phi) is 3.07. The van der Waals surface area contributed by atoms with Crippen LogP contribution < -0.4 is 0 Å². The average Bonchev–Trinajstić information content (AvgIpc) is 2.78. The third kappa shape index (κ3) is 2.32. The van der Waals surface area contributed by atoms with Crippen molar-refractivity contribution in [2.24, 2.45) is 0 Å². The number of carbonyl (C=O) groups excluding carboxylic acids is 1. The van der Waals surface area contributed by atoms with Crippen LogP contribution in [-0.4, -0.2) is 25.9 Å². The summed E-state index contributed by atoms with van der Waals surface area (Å²) in [7, 11) is 0. The van der Waals surface area contributed by atoms with E-state index < -0.39 is 0 Å². The summed E-state index contributed by atoms with van der Waals surface area (Å²) in [5.74, 6) is -0.0324. The fourth-order valence-electron chi connectivity index (χ4n) is 1.35. The quantitative estimate of drug-likeness (QED) is 0.763. The number of rotatable bonds is 4. The van der Waals surface area contributed by atoms with E-state index in [0.29, 0.717) is 11.3 Å². The van der Waals surface area contributed by atoms with E-state index in [0.717, 1.165) is 0 Å². The van der Waals surface area contributed by atoms with Crippen molar-refractivity contribution in [1.82, 2.24) is 15.0 Å². The van der Waals surface area contributed by atoms with E-state index in [1.165, 1.54) is 4.68 Å². The first-order valence-corrected chi connectivity index (χ1v) is 4.87. The number of Topliss-reactive ketones (excluding diaryl/α,β-unsaturated/α-hetero) is 1. The largest absolute Gasteiger partial charge is 0.390 e. The minimum absolute atomic E-state index is 0.0324. The van der Waals surface area contributed by atoms with Gasteiger partial charge in [-0.25, -0.2) is 4.68 Å². The molecule has 0 bridgehead atoms. The standard InChI is InChI=1S/C11H11N3O2/c15-8-10-6-14(13-12-10)7-11(16)9-4-2-1-3-5-9/h1-6,15H,7-8H2. The minimum Gasteiger partial charge on any atom is -0.390 e. The highest BCUT2D eigenvalue weighted by Gasteiger charge is 2.07. The molecular formula is C11H11N3O2. The van der Waals surface area contributed by atoms with E-state index in [1.807, 2.05) is 18.2 Å². The predicted molar refractivity (Wildman–Crippen MR) is 56.7 cm³/mol. The molecule has 16 heavy (non-hydrogen) atoms. The van der Waals surface area contributed by atoms with Crippen molar-refractivity contribution in [3.05, 3.63) is 47.8 Å². The van der Waals surface area contributed by atoms with E-state index in [9.17, 15) is 4.79 Å². The minimum atomic E-state index is -0.167. The van der Waals surface area contributed by atoms with Gasteiger partial charge >= 0.3 is 0 Å². The van der Waals surface area contributed by atoms with Crippen LogP contribution in [0.1, 0.15) is 16.1 Å². The highest BCUT2D eigenvalue weighted by atomic mass is 16.3. The Bertz CT molecular complexity index is 479. The average molecular weight is 217 g/mol. The Labute approximate surface area is 92.3 Å². The van der Waals surface area contributed by atoms with Gasteiger partial charge in [-0.2, -0.15) is 0 Å². The zero-order valence-electron chi connectivity index (χ0n) is 8.58. The van der Waals surface area contributed by atoms with Crippen LogP contribution in [0.25, 0.3) is 0 Å². The number of carbonyl (C=O) groups is 1. The molecule has 1 aromatic carbocycles. The van der Waals surface area contributed by atoms with Crippen LogP contribution in [0.5, 0.6) is 0 Å². The number of nitrogens with zero attached hydrogens (tertiary/aromatic N) is 3. The monoisotopic (exact) mass is 217 g/mol. The molecule has 0 unspecified atom stereocenters. The number of hydrogen-bond acceptors (Lipinski definition) is 4. The summed E-state index contributed by atoms with van der Waals surface area (Å²) in [4.78, 5) is 11.8. The van der Waals surface area contributed by atoms with E-state index in [-0.39, 0.29) is 18.9 Å². The SMILES string of the molecule is O=C(Cn1cc(CO)nn1)c1ccccc1. The molecule has 1 aromatic heterocycles. The molecule has 82 valence electrons. The van der Waals surface area contributed by atoms with Gasteiger partial charge in [-0.15, -0.1) is 5.10 Å². The van der Waals surface area contributed by atoms with Crippen LogP contribution in [0, 0.1) is 0 Å². The van der Waals surface area contributed by atoms with Crippen LogP contribution in [-0.2, 0) is 13.2 Å². The molecule has 0 saturated heterocycles. The van der Waals surface area contributed by atoms with Gasteiger partial charge in [0, 0.05) is 5.56 Å². The van der Waals surface area contributed by atoms with Gasteiger partial charge in [0.1, 0.15) is 12.2 Å². The van der Waals surface area contributed by atoms with Crippen molar-refractivity contribution in [2.45, 2.75) is 13.2 Å². The third-order valence-electron chi connectivity index (χ3n) is 2.15. The van der Waals surface area contributed by atoms with Gasteiger partial charge in [-0.1, -0.05) is 35.5 Å². The molecule has 1 heterocycles. The highest BCUT2D eigenvalue weighted by molar-refractivity contribution is 5.95. The molecule has 0 fully saturated rings. The first-order valence-electron chi connectivity index (χ1n) is 4.87. The van der Waals surface area contributed by atoms with Crippen LogP contribution in [0.15, 0.2) is 36.5 Å². The van der Waals surface area contributed by atoms with Gasteiger partial charge in [0.05, 0.1) is 12.8 Å². The summed E-state index contributed by atoms with van der Waals surface area (Å²) >= 11 is 0. The second kappa shape index (κ2) is 4.67. The Balaban J connectivity index is 2.08. The summed E-state index contributed by atoms with van der Waals surface area (Å²) in [5, 5.41) is 16.2. The lowest BCUT2D eigenvalue weighted by atomic mass is 10.1. The van der Waals surface area contributed by atoms with E-state index in [4.69, 9.17) is 5.11 Å². The molecule has 0 aliphatic heterocycles. The fraction of sp³-hybridized carbons (Fsp3) is 0.182. The Hall–Kier alpha value is -2.01. The Morgan fingerprint density at radius 1 is 1.31 bits per heavy atom. The first kappa shape index (κ1) is 10.5. The zero-order valence-corrected chi connectivity index (χ0v) is 8.58. The molecule has 5 heteroatoms. The lowest BCUT2D eigenvalue weighted by Crippen LogP contribution is -2.10. The van der Waals surface area contributed by atoms with Gasteiger partial charge < -0.3 is 5.11 Å². The molecule has 5 nitrogen and oxygen atoms in total. The van der Waals surface area contributed by atoms with Crippen molar-refractivity contribution >= 4 is 5.78 Å². The molecule has 0 aliphatic rings. The van der Waals surface area contributed by atoms with Crippen molar-refractivity contribution < 1.29 is 9.90 Å². The number of aromatic nitrogens is 3. The van der Waals surface area contributed by atoms with Gasteiger partial charge in [0.25, 0.3) is 0 Å². The van der Waals surface area contributed by atoms with Crippen LogP contribution in [0.4, 0.5) is 0 Å². The topological polar surface area (TPSA) is 68.0 Å². The van der Waals surface area contributed by atoms with E-state index in [2.05, 4.69) is 10.3 Å². The zero-order chi connectivity index (χ0) is 11.4. The molecule has 2 aromatic rings. The predicted octanol–water partition coefficient (Wildman–Crippen LogP) is 0.653. The van der Waals surface area contributed by atoms with Crippen LogP contribution in [0.3, 0.4) is 0 Å². The lowest BCUT2D eigenvalue weighted by molar-refractivity contribution is 0.0967. The van der Waals surface area contributed by atoms with E-state index >= 15 is 0 Å². The number of ketones is 1. The fourth-order valence-corrected chi connectivity index (χ4v) is 1.35. The molecule has 1 N–H and O–H groups in total. The molecule has 0 spiro atoms. The summed E-state index contributed by atoms with van der Waals surface area (Å²) in [6.07, 6.45) is 1.56. The smallest absolute Gasteiger partial charge is 0.184 e. The number of hydrogen-bond donors (Lipinski definition) is 1.